The monoisotopic (exact) mass is 255 g/mol. The Hall–Kier alpha value is -1.06. The fourth-order valence-corrected chi connectivity index (χ4v) is 2.16. The smallest absolute Gasteiger partial charge is 0.410 e. The second-order valence-corrected chi connectivity index (χ2v) is 5.90. The van der Waals surface area contributed by atoms with Crippen molar-refractivity contribution in [3.63, 3.8) is 0 Å². The molecular weight excluding hydrogens is 230 g/mol. The maximum absolute atomic E-state index is 12.0. The van der Waals surface area contributed by atoms with Gasteiger partial charge in [-0.1, -0.05) is 13.3 Å². The highest BCUT2D eigenvalue weighted by molar-refractivity contribution is 5.87. The number of likely N-dealkylation sites (tertiary alicyclic amines) is 1. The molecule has 1 atom stereocenters. The Balaban J connectivity index is 2.59. The summed E-state index contributed by atoms with van der Waals surface area (Å²) in [6, 6.07) is -0.258. The summed E-state index contributed by atoms with van der Waals surface area (Å²) >= 11 is 0. The van der Waals surface area contributed by atoms with Crippen LogP contribution < -0.4 is 0 Å². The molecule has 1 aliphatic rings. The van der Waals surface area contributed by atoms with Crippen molar-refractivity contribution in [2.75, 3.05) is 6.54 Å². The average molecular weight is 255 g/mol. The van der Waals surface area contributed by atoms with Crippen LogP contribution in [0.1, 0.15) is 59.8 Å². The molecule has 0 aromatic rings. The summed E-state index contributed by atoms with van der Waals surface area (Å²) in [7, 11) is 0. The topological polar surface area (TPSA) is 46.6 Å². The van der Waals surface area contributed by atoms with Gasteiger partial charge in [0, 0.05) is 13.0 Å². The molecule has 0 bridgehead atoms. The Bertz CT molecular complexity index is 307. The molecule has 1 fully saturated rings. The van der Waals surface area contributed by atoms with Crippen LogP contribution in [0.25, 0.3) is 0 Å². The van der Waals surface area contributed by atoms with E-state index in [4.69, 9.17) is 4.74 Å². The quantitative estimate of drug-likeness (QED) is 0.775. The summed E-state index contributed by atoms with van der Waals surface area (Å²) in [5.41, 5.74) is -0.503. The van der Waals surface area contributed by atoms with Gasteiger partial charge in [-0.05, 0) is 40.0 Å². The molecular formula is C14H25NO3. The van der Waals surface area contributed by atoms with Crippen LogP contribution in [0, 0.1) is 0 Å². The molecule has 4 nitrogen and oxygen atoms in total. The molecule has 4 heteroatoms. The van der Waals surface area contributed by atoms with Gasteiger partial charge < -0.3 is 4.74 Å². The second kappa shape index (κ2) is 6.21. The van der Waals surface area contributed by atoms with Gasteiger partial charge in [-0.2, -0.15) is 0 Å². The Kier molecular flexibility index (Phi) is 5.17. The summed E-state index contributed by atoms with van der Waals surface area (Å²) in [6.07, 6.45) is 3.79. The maximum Gasteiger partial charge on any atom is 0.410 e. The van der Waals surface area contributed by atoms with Gasteiger partial charge >= 0.3 is 6.09 Å². The number of rotatable bonds is 4. The molecule has 0 aliphatic carbocycles. The van der Waals surface area contributed by atoms with Crippen molar-refractivity contribution >= 4 is 11.9 Å². The zero-order chi connectivity index (χ0) is 13.8. The first-order valence-electron chi connectivity index (χ1n) is 6.87. The summed E-state index contributed by atoms with van der Waals surface area (Å²) < 4.78 is 5.34. The van der Waals surface area contributed by atoms with Gasteiger partial charge in [0.1, 0.15) is 5.60 Å². The van der Waals surface area contributed by atoms with Gasteiger partial charge in [0.2, 0.25) is 0 Å². The third kappa shape index (κ3) is 4.31. The summed E-state index contributed by atoms with van der Waals surface area (Å²) in [5.74, 6) is 0.181. The first kappa shape index (κ1) is 15.0. The van der Waals surface area contributed by atoms with Crippen molar-refractivity contribution in [2.24, 2.45) is 0 Å². The molecule has 0 radical (unpaired) electrons. The Morgan fingerprint density at radius 3 is 2.56 bits per heavy atom. The molecule has 18 heavy (non-hydrogen) atoms. The van der Waals surface area contributed by atoms with E-state index in [0.29, 0.717) is 13.0 Å². The van der Waals surface area contributed by atoms with Gasteiger partial charge in [-0.3, -0.25) is 9.69 Å². The van der Waals surface area contributed by atoms with E-state index >= 15 is 0 Å². The lowest BCUT2D eigenvalue weighted by Gasteiger charge is -2.28. The molecule has 0 aromatic carbocycles. The van der Waals surface area contributed by atoms with Crippen LogP contribution in [0.15, 0.2) is 0 Å². The lowest BCUT2D eigenvalue weighted by atomic mass is 10.0. The van der Waals surface area contributed by atoms with Crippen LogP contribution >= 0.6 is 0 Å². The molecule has 1 aliphatic heterocycles. The maximum atomic E-state index is 12.0. The van der Waals surface area contributed by atoms with Crippen molar-refractivity contribution in [1.29, 1.82) is 0 Å². The Morgan fingerprint density at radius 2 is 2.00 bits per heavy atom. The van der Waals surface area contributed by atoms with Crippen molar-refractivity contribution in [2.45, 2.75) is 71.4 Å². The summed E-state index contributed by atoms with van der Waals surface area (Å²) in [5, 5.41) is 0. The standard InChI is InChI=1S/C14H25NO3/c1-5-6-9-12(16)11-8-7-10-15(11)13(17)18-14(2,3)4/h11H,5-10H2,1-4H3/t11-/m1/s1. The predicted molar refractivity (Wildman–Crippen MR) is 70.5 cm³/mol. The van der Waals surface area contributed by atoms with Gasteiger partial charge in [-0.25, -0.2) is 4.79 Å². The highest BCUT2D eigenvalue weighted by Gasteiger charge is 2.35. The fraction of sp³-hybridized carbons (Fsp3) is 0.857. The molecule has 0 unspecified atom stereocenters. The zero-order valence-electron chi connectivity index (χ0n) is 12.0. The lowest BCUT2D eigenvalue weighted by Crippen LogP contribution is -2.43. The molecule has 1 saturated heterocycles. The van der Waals surface area contributed by atoms with Crippen molar-refractivity contribution in [1.82, 2.24) is 4.90 Å². The van der Waals surface area contributed by atoms with E-state index in [1.807, 2.05) is 20.8 Å². The predicted octanol–water partition coefficient (Wildman–Crippen LogP) is 3.15. The van der Waals surface area contributed by atoms with E-state index in [9.17, 15) is 9.59 Å². The number of Topliss-reactive ketones (excluding diaryl/α,β-unsaturated/α-hetero) is 1. The summed E-state index contributed by atoms with van der Waals surface area (Å²) in [6.45, 7) is 8.23. The molecule has 0 N–H and O–H groups in total. The molecule has 1 amide bonds. The van der Waals surface area contributed by atoms with E-state index in [2.05, 4.69) is 6.92 Å². The highest BCUT2D eigenvalue weighted by Crippen LogP contribution is 2.22. The normalized spacial score (nSPS) is 20.0. The number of nitrogens with zero attached hydrogens (tertiary/aromatic N) is 1. The number of amides is 1. The van der Waals surface area contributed by atoms with Gasteiger partial charge in [0.05, 0.1) is 6.04 Å². The molecule has 0 aromatic heterocycles. The Labute approximate surface area is 110 Å². The minimum Gasteiger partial charge on any atom is -0.444 e. The van der Waals surface area contributed by atoms with Crippen LogP contribution in [0.2, 0.25) is 0 Å². The van der Waals surface area contributed by atoms with E-state index in [0.717, 1.165) is 25.7 Å². The Morgan fingerprint density at radius 1 is 1.33 bits per heavy atom. The highest BCUT2D eigenvalue weighted by atomic mass is 16.6. The van der Waals surface area contributed by atoms with Crippen molar-refractivity contribution in [3.05, 3.63) is 0 Å². The van der Waals surface area contributed by atoms with Crippen molar-refractivity contribution in [3.8, 4) is 0 Å². The van der Waals surface area contributed by atoms with Gasteiger partial charge in [0.15, 0.2) is 5.78 Å². The van der Waals surface area contributed by atoms with Crippen LogP contribution in [-0.4, -0.2) is 35.0 Å². The molecule has 0 spiro atoms. The molecule has 104 valence electrons. The third-order valence-electron chi connectivity index (χ3n) is 3.03. The number of unbranched alkanes of at least 4 members (excludes halogenated alkanes) is 1. The van der Waals surface area contributed by atoms with E-state index < -0.39 is 5.60 Å². The minimum absolute atomic E-state index is 0.181. The molecule has 0 saturated carbocycles. The first-order chi connectivity index (χ1) is 8.35. The van der Waals surface area contributed by atoms with Crippen LogP contribution in [-0.2, 0) is 9.53 Å². The number of carbonyl (C=O) groups is 2. The summed E-state index contributed by atoms with van der Waals surface area (Å²) in [4.78, 5) is 25.6. The number of carbonyl (C=O) groups excluding carboxylic acids is 2. The number of ketones is 1. The number of hydrogen-bond acceptors (Lipinski definition) is 3. The van der Waals surface area contributed by atoms with Crippen LogP contribution in [0.4, 0.5) is 4.79 Å². The average Bonchev–Trinajstić information content (AvgIpc) is 2.72. The molecule has 1 heterocycles. The number of ether oxygens (including phenoxy) is 1. The fourth-order valence-electron chi connectivity index (χ4n) is 2.16. The minimum atomic E-state index is -0.503. The third-order valence-corrected chi connectivity index (χ3v) is 3.03. The van der Waals surface area contributed by atoms with E-state index in [1.54, 1.807) is 4.90 Å². The van der Waals surface area contributed by atoms with E-state index in [1.165, 1.54) is 0 Å². The molecule has 1 rings (SSSR count). The first-order valence-corrected chi connectivity index (χ1v) is 6.87. The second-order valence-electron chi connectivity index (χ2n) is 5.90. The van der Waals surface area contributed by atoms with Gasteiger partial charge in [0.25, 0.3) is 0 Å². The lowest BCUT2D eigenvalue weighted by molar-refractivity contribution is -0.123. The van der Waals surface area contributed by atoms with Gasteiger partial charge in [-0.15, -0.1) is 0 Å². The van der Waals surface area contributed by atoms with Crippen molar-refractivity contribution < 1.29 is 14.3 Å². The van der Waals surface area contributed by atoms with Crippen LogP contribution in [0.3, 0.4) is 0 Å². The zero-order valence-corrected chi connectivity index (χ0v) is 12.0. The SMILES string of the molecule is CCCCC(=O)[C@H]1CCCN1C(=O)OC(C)(C)C. The number of hydrogen-bond donors (Lipinski definition) is 0. The largest absolute Gasteiger partial charge is 0.444 e. The van der Waals surface area contributed by atoms with E-state index in [-0.39, 0.29) is 17.9 Å². The van der Waals surface area contributed by atoms with Crippen LogP contribution in [0.5, 0.6) is 0 Å².